The van der Waals surface area contributed by atoms with Crippen molar-refractivity contribution in [2.75, 3.05) is 39.3 Å². The Bertz CT molecular complexity index is 1330. The van der Waals surface area contributed by atoms with Gasteiger partial charge in [0.2, 0.25) is 0 Å². The summed E-state index contributed by atoms with van der Waals surface area (Å²) in [4.78, 5) is 16.7. The molecule has 1 aliphatic heterocycles. The smallest absolute Gasteiger partial charge is 0.416 e. The predicted molar refractivity (Wildman–Crippen MR) is 150 cm³/mol. The van der Waals surface area contributed by atoms with E-state index < -0.39 is 23.8 Å². The molecular weight excluding hydrogens is 529 g/mol. The highest BCUT2D eigenvalue weighted by Crippen LogP contribution is 2.60. The van der Waals surface area contributed by atoms with E-state index in [0.717, 1.165) is 38.3 Å². The van der Waals surface area contributed by atoms with Gasteiger partial charge in [0.05, 0.1) is 11.6 Å². The molecule has 2 fully saturated rings. The van der Waals surface area contributed by atoms with Gasteiger partial charge in [-0.25, -0.2) is 0 Å². The molecule has 3 atom stereocenters. The average Bonchev–Trinajstić information content (AvgIpc) is 3.77. The predicted octanol–water partition coefficient (Wildman–Crippen LogP) is 6.40. The molecule has 8 heteroatoms. The summed E-state index contributed by atoms with van der Waals surface area (Å²) < 4.78 is 50.3. The lowest BCUT2D eigenvalue weighted by Gasteiger charge is -2.40. The number of benzene rings is 3. The van der Waals surface area contributed by atoms with Crippen LogP contribution in [0.1, 0.15) is 65.5 Å². The quantitative estimate of drug-likeness (QED) is 0.297. The summed E-state index contributed by atoms with van der Waals surface area (Å²) >= 11 is 0. The first-order valence-corrected chi connectivity index (χ1v) is 14.4. The highest BCUT2D eigenvalue weighted by molar-refractivity contribution is 5.66. The number of piperazine rings is 1. The Morgan fingerprint density at radius 2 is 1.49 bits per heavy atom. The summed E-state index contributed by atoms with van der Waals surface area (Å²) in [5, 5.41) is 0. The summed E-state index contributed by atoms with van der Waals surface area (Å²) in [5.41, 5.74) is 5.07. The lowest BCUT2D eigenvalue weighted by molar-refractivity contribution is -0.148. The van der Waals surface area contributed by atoms with Crippen LogP contribution < -0.4 is 4.74 Å². The number of hydrogen-bond acceptors (Lipinski definition) is 5. The molecule has 3 aliphatic rings. The molecule has 216 valence electrons. The lowest BCUT2D eigenvalue weighted by Crippen LogP contribution is -2.48. The van der Waals surface area contributed by atoms with Gasteiger partial charge in [0.1, 0.15) is 18.5 Å². The van der Waals surface area contributed by atoms with E-state index in [1.807, 2.05) is 0 Å². The van der Waals surface area contributed by atoms with Crippen LogP contribution in [-0.4, -0.2) is 61.2 Å². The molecule has 41 heavy (non-hydrogen) atoms. The van der Waals surface area contributed by atoms with Crippen LogP contribution in [-0.2, 0) is 15.7 Å². The summed E-state index contributed by atoms with van der Waals surface area (Å²) in [5.74, 6) is 0.911. The number of ether oxygens (including phenoxy) is 2. The second kappa shape index (κ2) is 11.5. The van der Waals surface area contributed by atoms with Crippen molar-refractivity contribution in [2.45, 2.75) is 49.9 Å². The minimum absolute atomic E-state index is 0.00116. The van der Waals surface area contributed by atoms with E-state index in [2.05, 4.69) is 58.3 Å². The fraction of sp³-hybridized carbons (Fsp3) is 0.424. The Morgan fingerprint density at radius 3 is 2.07 bits per heavy atom. The number of halogens is 3. The van der Waals surface area contributed by atoms with E-state index >= 15 is 0 Å². The van der Waals surface area contributed by atoms with Crippen LogP contribution in [0, 0.1) is 0 Å². The fourth-order valence-corrected chi connectivity index (χ4v) is 6.57. The van der Waals surface area contributed by atoms with E-state index in [-0.39, 0.29) is 18.4 Å². The lowest BCUT2D eigenvalue weighted by atomic mass is 9.90. The molecule has 2 aliphatic carbocycles. The second-order valence-corrected chi connectivity index (χ2v) is 11.3. The maximum atomic E-state index is 13.1. The van der Waals surface area contributed by atoms with Crippen LogP contribution in [0.15, 0.2) is 72.8 Å². The van der Waals surface area contributed by atoms with Crippen LogP contribution in [0.5, 0.6) is 5.75 Å². The molecule has 1 saturated heterocycles. The van der Waals surface area contributed by atoms with E-state index in [1.54, 1.807) is 0 Å². The van der Waals surface area contributed by atoms with Crippen molar-refractivity contribution in [3.63, 3.8) is 0 Å². The Balaban J connectivity index is 1.08. The van der Waals surface area contributed by atoms with E-state index in [4.69, 9.17) is 9.47 Å². The number of nitrogens with zero attached hydrogens (tertiary/aromatic N) is 2. The molecule has 0 radical (unpaired) electrons. The molecule has 0 N–H and O–H groups in total. The van der Waals surface area contributed by atoms with Crippen molar-refractivity contribution in [3.8, 4) is 5.75 Å². The first-order chi connectivity index (χ1) is 19.8. The molecule has 0 amide bonds. The minimum Gasteiger partial charge on any atom is -0.490 e. The molecule has 1 saturated carbocycles. The normalized spacial score (nSPS) is 23.0. The number of hydrogen-bond donors (Lipinski definition) is 0. The zero-order chi connectivity index (χ0) is 28.6. The molecule has 0 spiro atoms. The van der Waals surface area contributed by atoms with Crippen molar-refractivity contribution in [2.24, 2.45) is 0 Å². The monoisotopic (exact) mass is 564 g/mol. The topological polar surface area (TPSA) is 42.0 Å². The van der Waals surface area contributed by atoms with Gasteiger partial charge in [0.25, 0.3) is 0 Å². The number of carbonyl (C=O) groups is 1. The van der Waals surface area contributed by atoms with Crippen molar-refractivity contribution < 1.29 is 27.4 Å². The van der Waals surface area contributed by atoms with Crippen LogP contribution >= 0.6 is 0 Å². The average molecular weight is 565 g/mol. The molecule has 1 heterocycles. The second-order valence-electron chi connectivity index (χ2n) is 11.3. The molecule has 2 unspecified atom stereocenters. The Labute approximate surface area is 238 Å². The maximum Gasteiger partial charge on any atom is 0.416 e. The number of fused-ring (bicyclic) bond motifs is 5. The first-order valence-electron chi connectivity index (χ1n) is 14.4. The largest absolute Gasteiger partial charge is 0.490 e. The van der Waals surface area contributed by atoms with Gasteiger partial charge in [0, 0.05) is 46.1 Å². The van der Waals surface area contributed by atoms with Gasteiger partial charge in [-0.15, -0.1) is 0 Å². The Kier molecular flexibility index (Phi) is 7.79. The zero-order valence-corrected chi connectivity index (χ0v) is 23.1. The van der Waals surface area contributed by atoms with E-state index in [1.165, 1.54) is 47.7 Å². The van der Waals surface area contributed by atoms with Crippen molar-refractivity contribution >= 4 is 5.97 Å². The molecule has 3 aromatic carbocycles. The van der Waals surface area contributed by atoms with Crippen LogP contribution in [0.25, 0.3) is 0 Å². The maximum absolute atomic E-state index is 13.1. The summed E-state index contributed by atoms with van der Waals surface area (Å²) in [7, 11) is 0. The SMILES string of the molecule is CC(=O)O[C@@H](CCN1CCN(C2c3ccccc3C3CC3c3ccccc32)CC1)COc1cccc(C(F)(F)F)c1. The van der Waals surface area contributed by atoms with Crippen molar-refractivity contribution in [1.82, 2.24) is 9.80 Å². The number of esters is 1. The van der Waals surface area contributed by atoms with Gasteiger partial charge in [0.15, 0.2) is 0 Å². The molecule has 0 aromatic heterocycles. The first kappa shape index (κ1) is 27.8. The minimum atomic E-state index is -4.45. The van der Waals surface area contributed by atoms with E-state index in [0.29, 0.717) is 24.8 Å². The van der Waals surface area contributed by atoms with Crippen molar-refractivity contribution in [1.29, 1.82) is 0 Å². The molecule has 3 aromatic rings. The van der Waals surface area contributed by atoms with Gasteiger partial charge in [-0.3, -0.25) is 9.69 Å². The number of carbonyl (C=O) groups excluding carboxylic acids is 1. The summed E-state index contributed by atoms with van der Waals surface area (Å²) in [6, 6.07) is 22.9. The zero-order valence-electron chi connectivity index (χ0n) is 23.1. The van der Waals surface area contributed by atoms with Gasteiger partial charge in [-0.1, -0.05) is 54.6 Å². The Morgan fingerprint density at radius 1 is 0.878 bits per heavy atom. The number of rotatable bonds is 8. The summed E-state index contributed by atoms with van der Waals surface area (Å²) in [6.07, 6.45) is -3.22. The van der Waals surface area contributed by atoms with Crippen LogP contribution in [0.3, 0.4) is 0 Å². The van der Waals surface area contributed by atoms with E-state index in [9.17, 15) is 18.0 Å². The molecule has 0 bridgehead atoms. The third kappa shape index (κ3) is 6.14. The van der Waals surface area contributed by atoms with Gasteiger partial charge >= 0.3 is 12.1 Å². The fourth-order valence-electron chi connectivity index (χ4n) is 6.57. The third-order valence-corrected chi connectivity index (χ3v) is 8.64. The number of alkyl halides is 3. The van der Waals surface area contributed by atoms with Crippen LogP contribution in [0.4, 0.5) is 13.2 Å². The standard InChI is InChI=1S/C33H35F3N2O3/c1-22(39)41-25(21-40-24-8-6-7-23(19-24)33(34,35)36)13-14-37-15-17-38(18-16-37)32-28-11-4-2-9-26(28)30-20-31(30)27-10-3-5-12-29(27)32/h2-12,19,25,30-32H,13-18,20-21H2,1H3/t25-,30?,31?,32?/m0/s1. The Hall–Kier alpha value is -3.36. The van der Waals surface area contributed by atoms with Crippen molar-refractivity contribution in [3.05, 3.63) is 101 Å². The highest BCUT2D eigenvalue weighted by Gasteiger charge is 2.46. The molecule has 5 nitrogen and oxygen atoms in total. The molecular formula is C33H35F3N2O3. The molecule has 6 rings (SSSR count). The van der Waals surface area contributed by atoms with Gasteiger partial charge in [-0.05, 0) is 58.7 Å². The highest BCUT2D eigenvalue weighted by atomic mass is 19.4. The van der Waals surface area contributed by atoms with Gasteiger partial charge in [-0.2, -0.15) is 13.2 Å². The van der Waals surface area contributed by atoms with Crippen LogP contribution in [0.2, 0.25) is 0 Å². The van der Waals surface area contributed by atoms with Gasteiger partial charge < -0.3 is 14.4 Å². The summed E-state index contributed by atoms with van der Waals surface area (Å²) in [6.45, 7) is 5.65. The third-order valence-electron chi connectivity index (χ3n) is 8.64.